The lowest BCUT2D eigenvalue weighted by atomic mass is 9.98. The van der Waals surface area contributed by atoms with Gasteiger partial charge in [-0.3, -0.25) is 0 Å². The number of para-hydroxylation sites is 1. The van der Waals surface area contributed by atoms with Crippen LogP contribution in [-0.4, -0.2) is 0 Å². The number of anilines is 3. The third-order valence-electron chi connectivity index (χ3n) is 9.64. The highest BCUT2D eigenvalue weighted by molar-refractivity contribution is 7.25. The van der Waals surface area contributed by atoms with Crippen molar-refractivity contribution in [3.63, 3.8) is 0 Å². The van der Waals surface area contributed by atoms with Crippen molar-refractivity contribution in [2.75, 3.05) is 4.90 Å². The highest BCUT2D eigenvalue weighted by Crippen LogP contribution is 2.49. The molecular weight excluding hydrogens is 615 g/mol. The van der Waals surface area contributed by atoms with Gasteiger partial charge in [-0.05, 0) is 82.1 Å². The molecule has 0 N–H and O–H groups in total. The lowest BCUT2D eigenvalue weighted by molar-refractivity contribution is 0.669. The average molecular weight is 644 g/mol. The number of hydrogen-bond donors (Lipinski definition) is 0. The predicted molar refractivity (Wildman–Crippen MR) is 210 cm³/mol. The third-order valence-corrected chi connectivity index (χ3v) is 10.8. The second kappa shape index (κ2) is 11.2. The summed E-state index contributed by atoms with van der Waals surface area (Å²) in [7, 11) is 0. The van der Waals surface area contributed by atoms with E-state index in [2.05, 4.69) is 175 Å². The lowest BCUT2D eigenvalue weighted by Gasteiger charge is -2.28. The molecule has 0 saturated heterocycles. The number of fused-ring (bicyclic) bond motifs is 7. The Hall–Kier alpha value is -6.16. The standard InChI is InChI=1S/C46H29NOS/c1-3-11-30(12-4-1)32-19-20-34-28-35(22-21-33(34)27-32)47(36-23-26-44-41(29-36)39-16-8-10-18-43(39)49-44)45-37(31-13-5-2-6-14-31)24-25-40-38-15-7-9-17-42(38)48-46(40)45/h1-29H. The molecule has 0 spiro atoms. The fourth-order valence-corrected chi connectivity index (χ4v) is 8.38. The van der Waals surface area contributed by atoms with Gasteiger partial charge in [-0.15, -0.1) is 11.3 Å². The number of furan rings is 1. The highest BCUT2D eigenvalue weighted by Gasteiger charge is 2.24. The average Bonchev–Trinajstić information content (AvgIpc) is 3.74. The van der Waals surface area contributed by atoms with Gasteiger partial charge < -0.3 is 9.32 Å². The van der Waals surface area contributed by atoms with Crippen molar-refractivity contribution in [1.29, 1.82) is 0 Å². The van der Waals surface area contributed by atoms with Crippen molar-refractivity contribution in [3.05, 3.63) is 176 Å². The topological polar surface area (TPSA) is 16.4 Å². The monoisotopic (exact) mass is 643 g/mol. The van der Waals surface area contributed by atoms with E-state index in [1.165, 1.54) is 42.1 Å². The molecule has 0 atom stereocenters. The summed E-state index contributed by atoms with van der Waals surface area (Å²) in [5.74, 6) is 0. The molecule has 0 fully saturated rings. The fraction of sp³-hybridized carbons (Fsp3) is 0. The number of hydrogen-bond acceptors (Lipinski definition) is 3. The molecule has 10 rings (SSSR count). The van der Waals surface area contributed by atoms with Gasteiger partial charge in [-0.2, -0.15) is 0 Å². The summed E-state index contributed by atoms with van der Waals surface area (Å²) in [5.41, 5.74) is 9.63. The van der Waals surface area contributed by atoms with Crippen LogP contribution in [0, 0.1) is 0 Å². The van der Waals surface area contributed by atoms with Crippen LogP contribution in [0.3, 0.4) is 0 Å². The van der Waals surface area contributed by atoms with Crippen molar-refractivity contribution >= 4 is 81.3 Å². The van der Waals surface area contributed by atoms with E-state index in [0.29, 0.717) is 0 Å². The van der Waals surface area contributed by atoms with Crippen molar-refractivity contribution in [1.82, 2.24) is 0 Å². The normalized spacial score (nSPS) is 11.7. The Morgan fingerprint density at radius 1 is 0.408 bits per heavy atom. The molecule has 2 aromatic heterocycles. The molecule has 8 aromatic carbocycles. The van der Waals surface area contributed by atoms with Crippen LogP contribution in [0.15, 0.2) is 180 Å². The van der Waals surface area contributed by atoms with Gasteiger partial charge in [-0.25, -0.2) is 0 Å². The van der Waals surface area contributed by atoms with E-state index in [1.54, 1.807) is 0 Å². The zero-order chi connectivity index (χ0) is 32.3. The van der Waals surface area contributed by atoms with Crippen LogP contribution in [0.5, 0.6) is 0 Å². The fourth-order valence-electron chi connectivity index (χ4n) is 7.29. The van der Waals surface area contributed by atoms with E-state index in [1.807, 2.05) is 17.4 Å². The van der Waals surface area contributed by atoms with E-state index in [9.17, 15) is 0 Å². The number of nitrogens with zero attached hydrogens (tertiary/aromatic N) is 1. The van der Waals surface area contributed by atoms with Gasteiger partial charge in [0.25, 0.3) is 0 Å². The minimum Gasteiger partial charge on any atom is -0.454 e. The lowest BCUT2D eigenvalue weighted by Crippen LogP contribution is -2.11. The van der Waals surface area contributed by atoms with Gasteiger partial charge >= 0.3 is 0 Å². The van der Waals surface area contributed by atoms with Crippen molar-refractivity contribution < 1.29 is 4.42 Å². The smallest absolute Gasteiger partial charge is 0.160 e. The maximum Gasteiger partial charge on any atom is 0.160 e. The molecule has 0 saturated carbocycles. The van der Waals surface area contributed by atoms with Gasteiger partial charge in [0, 0.05) is 47.9 Å². The van der Waals surface area contributed by atoms with Crippen LogP contribution in [0.2, 0.25) is 0 Å². The van der Waals surface area contributed by atoms with Gasteiger partial charge in [0.15, 0.2) is 5.58 Å². The summed E-state index contributed by atoms with van der Waals surface area (Å²) in [6, 6.07) is 63.2. The van der Waals surface area contributed by atoms with Gasteiger partial charge in [0.2, 0.25) is 0 Å². The first-order valence-electron chi connectivity index (χ1n) is 16.6. The molecule has 0 amide bonds. The Morgan fingerprint density at radius 2 is 1.06 bits per heavy atom. The Morgan fingerprint density at radius 3 is 1.92 bits per heavy atom. The Labute approximate surface area is 287 Å². The molecule has 2 nitrogen and oxygen atoms in total. The molecule has 0 bridgehead atoms. The van der Waals surface area contributed by atoms with E-state index in [-0.39, 0.29) is 0 Å². The molecule has 0 aliphatic rings. The molecule has 0 radical (unpaired) electrons. The number of thiophene rings is 1. The largest absolute Gasteiger partial charge is 0.454 e. The first kappa shape index (κ1) is 27.9. The summed E-state index contributed by atoms with van der Waals surface area (Å²) in [5, 5.41) is 7.14. The molecular formula is C46H29NOS. The van der Waals surface area contributed by atoms with Crippen molar-refractivity contribution in [2.24, 2.45) is 0 Å². The minimum absolute atomic E-state index is 0.873. The van der Waals surface area contributed by atoms with E-state index < -0.39 is 0 Å². The highest BCUT2D eigenvalue weighted by atomic mass is 32.1. The molecule has 0 aliphatic carbocycles. The van der Waals surface area contributed by atoms with E-state index in [0.717, 1.165) is 50.1 Å². The first-order chi connectivity index (χ1) is 24.3. The predicted octanol–water partition coefficient (Wildman–Crippen LogP) is 13.9. The molecule has 10 aromatic rings. The number of benzene rings is 8. The summed E-state index contributed by atoms with van der Waals surface area (Å²) >= 11 is 1.84. The van der Waals surface area contributed by atoms with Crippen LogP contribution >= 0.6 is 11.3 Å². The molecule has 0 unspecified atom stereocenters. The second-order valence-corrected chi connectivity index (χ2v) is 13.6. The summed E-state index contributed by atoms with van der Waals surface area (Å²) in [6.07, 6.45) is 0. The van der Waals surface area contributed by atoms with Gasteiger partial charge in [0.05, 0.1) is 5.69 Å². The maximum absolute atomic E-state index is 6.83. The van der Waals surface area contributed by atoms with E-state index >= 15 is 0 Å². The van der Waals surface area contributed by atoms with Crippen molar-refractivity contribution in [2.45, 2.75) is 0 Å². The van der Waals surface area contributed by atoms with Crippen LogP contribution in [0.25, 0.3) is 75.1 Å². The number of rotatable bonds is 5. The maximum atomic E-state index is 6.83. The van der Waals surface area contributed by atoms with Gasteiger partial charge in [0.1, 0.15) is 5.58 Å². The third kappa shape index (κ3) is 4.62. The molecule has 0 aliphatic heterocycles. The summed E-state index contributed by atoms with van der Waals surface area (Å²) < 4.78 is 9.40. The Kier molecular flexibility index (Phi) is 6.39. The SMILES string of the molecule is c1ccc(-c2ccc3cc(N(c4ccc5sc6ccccc6c5c4)c4c(-c5ccccc5)ccc5c4oc4ccccc45)ccc3c2)cc1. The zero-order valence-electron chi connectivity index (χ0n) is 26.5. The molecule has 2 heterocycles. The summed E-state index contributed by atoms with van der Waals surface area (Å²) in [6.45, 7) is 0. The minimum atomic E-state index is 0.873. The van der Waals surface area contributed by atoms with Crippen LogP contribution in [0.1, 0.15) is 0 Å². The van der Waals surface area contributed by atoms with Crippen LogP contribution in [-0.2, 0) is 0 Å². The molecule has 3 heteroatoms. The second-order valence-electron chi connectivity index (χ2n) is 12.5. The molecule has 230 valence electrons. The van der Waals surface area contributed by atoms with E-state index in [4.69, 9.17) is 4.42 Å². The van der Waals surface area contributed by atoms with Crippen molar-refractivity contribution in [3.8, 4) is 22.3 Å². The zero-order valence-corrected chi connectivity index (χ0v) is 27.3. The quantitative estimate of drug-likeness (QED) is 0.186. The van der Waals surface area contributed by atoms with Gasteiger partial charge in [-0.1, -0.05) is 121 Å². The Bertz CT molecular complexity index is 2830. The van der Waals surface area contributed by atoms with Crippen LogP contribution in [0.4, 0.5) is 17.1 Å². The Balaban J connectivity index is 1.27. The van der Waals surface area contributed by atoms with Crippen LogP contribution < -0.4 is 4.90 Å². The summed E-state index contributed by atoms with van der Waals surface area (Å²) in [4.78, 5) is 2.41. The first-order valence-corrected chi connectivity index (χ1v) is 17.4. The molecule has 49 heavy (non-hydrogen) atoms.